The molecule has 0 saturated carbocycles. The third-order valence-electron chi connectivity index (χ3n) is 6.37. The third kappa shape index (κ3) is 1.61. The van der Waals surface area contributed by atoms with Crippen LogP contribution < -0.4 is 0 Å². The Morgan fingerprint density at radius 1 is 0.571 bits per heavy atom. The molecule has 2 saturated heterocycles. The summed E-state index contributed by atoms with van der Waals surface area (Å²) in [5.74, 6) is -2.44. The molecule has 2 bridgehead atoms. The molecule has 0 N–H and O–H groups in total. The number of rotatable bonds is 2. The fraction of sp³-hybridized carbons (Fsp3) is 0.167. The van der Waals surface area contributed by atoms with Crippen LogP contribution in [0.1, 0.15) is 22.3 Å². The van der Waals surface area contributed by atoms with Crippen molar-refractivity contribution in [2.45, 2.75) is 11.2 Å². The molecule has 3 aliphatic heterocycles. The van der Waals surface area contributed by atoms with E-state index in [0.717, 1.165) is 22.3 Å². The maximum Gasteiger partial charge on any atom is 0.321 e. The predicted octanol–water partition coefficient (Wildman–Crippen LogP) is 3.53. The zero-order valence-corrected chi connectivity index (χ0v) is 14.9. The van der Waals surface area contributed by atoms with E-state index in [1.54, 1.807) is 0 Å². The first kappa shape index (κ1) is 15.8. The van der Waals surface area contributed by atoms with E-state index >= 15 is 0 Å². The van der Waals surface area contributed by atoms with Gasteiger partial charge in [0.2, 0.25) is 0 Å². The first-order valence-electron chi connectivity index (χ1n) is 9.36. The molecule has 0 radical (unpaired) electrons. The Balaban J connectivity index is 1.75. The molecule has 3 aromatic rings. The van der Waals surface area contributed by atoms with Gasteiger partial charge in [0, 0.05) is 0 Å². The van der Waals surface area contributed by atoms with Crippen molar-refractivity contribution in [3.8, 4) is 0 Å². The summed E-state index contributed by atoms with van der Waals surface area (Å²) in [6, 6.07) is 27.3. The molecule has 0 aliphatic carbocycles. The molecular formula is C24H16O4. The van der Waals surface area contributed by atoms with Crippen molar-refractivity contribution >= 4 is 11.9 Å². The number of hydrogen-bond acceptors (Lipinski definition) is 4. The van der Waals surface area contributed by atoms with E-state index in [1.165, 1.54) is 0 Å². The summed E-state index contributed by atoms with van der Waals surface area (Å²) in [4.78, 5) is 25.8. The quantitative estimate of drug-likeness (QED) is 0.513. The number of carbonyl (C=O) groups is 2. The number of cyclic esters (lactones) is 2. The van der Waals surface area contributed by atoms with E-state index < -0.39 is 35.0 Å². The van der Waals surface area contributed by atoms with Gasteiger partial charge in [0.15, 0.2) is 0 Å². The van der Waals surface area contributed by atoms with Gasteiger partial charge in [-0.15, -0.1) is 0 Å². The number of carbonyl (C=O) groups excluding carboxylic acids is 2. The average Bonchev–Trinajstić information content (AvgIpc) is 3.36. The van der Waals surface area contributed by atoms with Crippen molar-refractivity contribution < 1.29 is 19.1 Å². The average molecular weight is 368 g/mol. The molecule has 0 aromatic heterocycles. The Morgan fingerprint density at radius 2 is 0.964 bits per heavy atom. The van der Waals surface area contributed by atoms with Crippen LogP contribution >= 0.6 is 0 Å². The van der Waals surface area contributed by atoms with Crippen molar-refractivity contribution in [3.63, 3.8) is 0 Å². The van der Waals surface area contributed by atoms with Gasteiger partial charge in [-0.2, -0.15) is 0 Å². The van der Waals surface area contributed by atoms with E-state index in [1.807, 2.05) is 84.9 Å². The van der Waals surface area contributed by atoms with Gasteiger partial charge in [0.05, 0.1) is 0 Å². The zero-order chi connectivity index (χ0) is 18.9. The van der Waals surface area contributed by atoms with E-state index in [9.17, 15) is 9.59 Å². The fourth-order valence-corrected chi connectivity index (χ4v) is 5.42. The summed E-state index contributed by atoms with van der Waals surface area (Å²) in [5, 5.41) is 0. The van der Waals surface area contributed by atoms with Crippen LogP contribution in [0.2, 0.25) is 0 Å². The van der Waals surface area contributed by atoms with E-state index in [4.69, 9.17) is 9.47 Å². The minimum Gasteiger partial charge on any atom is -0.392 e. The highest BCUT2D eigenvalue weighted by Gasteiger charge is 2.78. The second-order valence-corrected chi connectivity index (χ2v) is 7.55. The Labute approximate surface area is 161 Å². The molecule has 3 aromatic carbocycles. The Hall–Kier alpha value is -3.24. The normalized spacial score (nSPS) is 32.1. The summed E-state index contributed by atoms with van der Waals surface area (Å²) in [7, 11) is 0. The van der Waals surface area contributed by atoms with Gasteiger partial charge >= 0.3 is 11.9 Å². The van der Waals surface area contributed by atoms with Crippen LogP contribution in [-0.2, 0) is 30.3 Å². The molecule has 4 atom stereocenters. The first-order valence-corrected chi connectivity index (χ1v) is 9.36. The lowest BCUT2D eigenvalue weighted by Crippen LogP contribution is -2.42. The highest BCUT2D eigenvalue weighted by molar-refractivity contribution is 6.01. The summed E-state index contributed by atoms with van der Waals surface area (Å²) in [5.41, 5.74) is 1.50. The van der Waals surface area contributed by atoms with Gasteiger partial charge in [-0.05, 0) is 22.3 Å². The van der Waals surface area contributed by atoms with Gasteiger partial charge in [0.25, 0.3) is 0 Å². The van der Waals surface area contributed by atoms with E-state index in [0.29, 0.717) is 0 Å². The van der Waals surface area contributed by atoms with Crippen molar-refractivity contribution in [1.82, 2.24) is 0 Å². The maximum absolute atomic E-state index is 12.9. The number of hydrogen-bond donors (Lipinski definition) is 0. The largest absolute Gasteiger partial charge is 0.392 e. The third-order valence-corrected chi connectivity index (χ3v) is 6.37. The van der Waals surface area contributed by atoms with Crippen LogP contribution in [0.5, 0.6) is 0 Å². The van der Waals surface area contributed by atoms with Crippen LogP contribution in [0.4, 0.5) is 0 Å². The number of ether oxygens (including phenoxy) is 2. The van der Waals surface area contributed by atoms with Crippen molar-refractivity contribution in [3.05, 3.63) is 107 Å². The molecule has 2 fully saturated rings. The Morgan fingerprint density at radius 3 is 1.39 bits per heavy atom. The monoisotopic (exact) mass is 368 g/mol. The SMILES string of the molecule is O=C1OC(=O)[C@H]2[C@H]1[C@]1(c3ccccc3)O[C@@]2(c2ccccc2)c2ccccc21. The molecule has 4 nitrogen and oxygen atoms in total. The molecule has 6 rings (SSSR count). The number of fused-ring (bicyclic) bond motifs is 8. The van der Waals surface area contributed by atoms with Gasteiger partial charge in [-0.1, -0.05) is 84.9 Å². The van der Waals surface area contributed by atoms with Crippen molar-refractivity contribution in [1.29, 1.82) is 0 Å². The minimum atomic E-state index is -1.04. The summed E-state index contributed by atoms with van der Waals surface area (Å²) >= 11 is 0. The standard InChI is InChI=1S/C24H16O4/c25-21-19-20(22(26)27-21)24(16-11-5-2-6-12-16)18-14-8-7-13-17(18)23(19,28-24)15-9-3-1-4-10-15/h1-14,19-20H/t19-,20-,23-,24+/m1/s1. The summed E-state index contributed by atoms with van der Waals surface area (Å²) < 4.78 is 12.1. The second kappa shape index (κ2) is 5.18. The highest BCUT2D eigenvalue weighted by atomic mass is 16.6. The molecular weight excluding hydrogens is 352 g/mol. The molecule has 3 heterocycles. The molecule has 3 aliphatic rings. The Kier molecular flexibility index (Phi) is 2.92. The lowest BCUT2D eigenvalue weighted by molar-refractivity contribution is -0.162. The van der Waals surface area contributed by atoms with Gasteiger partial charge in [-0.25, -0.2) is 0 Å². The molecule has 0 amide bonds. The first-order chi connectivity index (χ1) is 13.7. The maximum atomic E-state index is 12.9. The smallest absolute Gasteiger partial charge is 0.321 e. The van der Waals surface area contributed by atoms with Gasteiger partial charge in [0.1, 0.15) is 23.0 Å². The molecule has 0 spiro atoms. The summed E-state index contributed by atoms with van der Waals surface area (Å²) in [6.45, 7) is 0. The van der Waals surface area contributed by atoms with Gasteiger partial charge < -0.3 is 9.47 Å². The predicted molar refractivity (Wildman–Crippen MR) is 100 cm³/mol. The van der Waals surface area contributed by atoms with Crippen molar-refractivity contribution in [2.24, 2.45) is 11.8 Å². The second-order valence-electron chi connectivity index (χ2n) is 7.55. The lowest BCUT2D eigenvalue weighted by Gasteiger charge is -2.33. The van der Waals surface area contributed by atoms with E-state index in [2.05, 4.69) is 0 Å². The van der Waals surface area contributed by atoms with Crippen LogP contribution in [0, 0.1) is 11.8 Å². The highest BCUT2D eigenvalue weighted by Crippen LogP contribution is 2.70. The summed E-state index contributed by atoms with van der Waals surface area (Å²) in [6.07, 6.45) is 0. The fourth-order valence-electron chi connectivity index (χ4n) is 5.42. The minimum absolute atomic E-state index is 0.508. The van der Waals surface area contributed by atoms with Crippen LogP contribution in [0.25, 0.3) is 0 Å². The number of benzene rings is 3. The van der Waals surface area contributed by atoms with E-state index in [-0.39, 0.29) is 0 Å². The van der Waals surface area contributed by atoms with Crippen LogP contribution in [-0.4, -0.2) is 11.9 Å². The Bertz CT molecular complexity index is 1040. The molecule has 28 heavy (non-hydrogen) atoms. The molecule has 4 heteroatoms. The molecule has 136 valence electrons. The zero-order valence-electron chi connectivity index (χ0n) is 14.9. The molecule has 0 unspecified atom stereocenters. The van der Waals surface area contributed by atoms with Crippen LogP contribution in [0.15, 0.2) is 84.9 Å². The number of esters is 2. The topological polar surface area (TPSA) is 52.6 Å². The lowest BCUT2D eigenvalue weighted by atomic mass is 9.61. The van der Waals surface area contributed by atoms with Crippen LogP contribution in [0.3, 0.4) is 0 Å². The van der Waals surface area contributed by atoms with Gasteiger partial charge in [-0.3, -0.25) is 9.59 Å². The van der Waals surface area contributed by atoms with Crippen molar-refractivity contribution in [2.75, 3.05) is 0 Å².